The van der Waals surface area contributed by atoms with Crippen LogP contribution in [0.5, 0.6) is 0 Å². The van der Waals surface area contributed by atoms with Crippen molar-refractivity contribution in [1.29, 1.82) is 0 Å². The summed E-state index contributed by atoms with van der Waals surface area (Å²) < 4.78 is 11.8. The van der Waals surface area contributed by atoms with Gasteiger partial charge in [-0.1, -0.05) is 60.2 Å². The summed E-state index contributed by atoms with van der Waals surface area (Å²) in [5.74, 6) is -0.115. The van der Waals surface area contributed by atoms with Crippen molar-refractivity contribution < 1.29 is 14.3 Å². The van der Waals surface area contributed by atoms with Gasteiger partial charge in [-0.3, -0.25) is 4.79 Å². The van der Waals surface area contributed by atoms with E-state index >= 15 is 0 Å². The minimum absolute atomic E-state index is 0.108. The summed E-state index contributed by atoms with van der Waals surface area (Å²) in [7, 11) is 0. The first-order valence-corrected chi connectivity index (χ1v) is 9.52. The molecule has 0 aliphatic heterocycles. The van der Waals surface area contributed by atoms with Gasteiger partial charge in [0.05, 0.1) is 24.7 Å². The zero-order chi connectivity index (χ0) is 18.4. The molecular formula is C23H28O3. The fourth-order valence-corrected chi connectivity index (χ4v) is 3.91. The number of esters is 1. The molecule has 3 rings (SSSR count). The van der Waals surface area contributed by atoms with Gasteiger partial charge in [-0.15, -0.1) is 0 Å². The van der Waals surface area contributed by atoms with Gasteiger partial charge < -0.3 is 9.47 Å². The summed E-state index contributed by atoms with van der Waals surface area (Å²) in [5.41, 5.74) is 2.94. The van der Waals surface area contributed by atoms with Gasteiger partial charge in [0.25, 0.3) is 0 Å². The lowest BCUT2D eigenvalue weighted by Gasteiger charge is -2.33. The van der Waals surface area contributed by atoms with Gasteiger partial charge in [-0.2, -0.15) is 0 Å². The number of benzene rings is 2. The molecule has 3 heteroatoms. The largest absolute Gasteiger partial charge is 0.465 e. The summed E-state index contributed by atoms with van der Waals surface area (Å²) in [5, 5.41) is 0. The Hall–Kier alpha value is -2.13. The Bertz CT molecular complexity index is 708. The maximum atomic E-state index is 13.0. The van der Waals surface area contributed by atoms with Crippen LogP contribution in [-0.2, 0) is 27.3 Å². The van der Waals surface area contributed by atoms with Gasteiger partial charge in [0.15, 0.2) is 0 Å². The molecule has 2 atom stereocenters. The highest BCUT2D eigenvalue weighted by Gasteiger charge is 2.51. The molecular weight excluding hydrogens is 324 g/mol. The standard InChI is InChI=1S/C23H28O3/c1-3-25-22(24)23(16-19-13-11-18(2)12-14-19)15-7-10-21(23)26-17-20-8-5-4-6-9-20/h4-6,8-9,11-14,21H,3,7,10,15-17H2,1-2H3. The molecule has 0 bridgehead atoms. The van der Waals surface area contributed by atoms with Crippen LogP contribution in [0.3, 0.4) is 0 Å². The number of rotatable bonds is 7. The summed E-state index contributed by atoms with van der Waals surface area (Å²) in [6.45, 7) is 4.87. The van der Waals surface area contributed by atoms with E-state index in [1.165, 1.54) is 11.1 Å². The van der Waals surface area contributed by atoms with Crippen molar-refractivity contribution in [3.05, 3.63) is 71.3 Å². The normalized spacial score (nSPS) is 22.3. The number of ether oxygens (including phenoxy) is 2. The van der Waals surface area contributed by atoms with Gasteiger partial charge >= 0.3 is 5.97 Å². The average molecular weight is 352 g/mol. The third-order valence-corrected chi connectivity index (χ3v) is 5.32. The zero-order valence-corrected chi connectivity index (χ0v) is 15.7. The van der Waals surface area contributed by atoms with Crippen molar-refractivity contribution in [2.24, 2.45) is 5.41 Å². The van der Waals surface area contributed by atoms with Crippen LogP contribution in [0.2, 0.25) is 0 Å². The maximum Gasteiger partial charge on any atom is 0.315 e. The monoisotopic (exact) mass is 352 g/mol. The van der Waals surface area contributed by atoms with Crippen molar-refractivity contribution in [1.82, 2.24) is 0 Å². The van der Waals surface area contributed by atoms with Gasteiger partial charge in [0.2, 0.25) is 0 Å². The lowest BCUT2D eigenvalue weighted by atomic mass is 9.78. The minimum atomic E-state index is -0.583. The third kappa shape index (κ3) is 4.16. The first-order chi connectivity index (χ1) is 12.6. The van der Waals surface area contributed by atoms with Crippen LogP contribution in [0, 0.1) is 12.3 Å². The van der Waals surface area contributed by atoms with Crippen molar-refractivity contribution in [2.45, 2.75) is 52.2 Å². The number of aryl methyl sites for hydroxylation is 1. The van der Waals surface area contributed by atoms with Gasteiger partial charge in [0, 0.05) is 0 Å². The van der Waals surface area contributed by atoms with Crippen molar-refractivity contribution in [2.75, 3.05) is 6.61 Å². The van der Waals surface area contributed by atoms with E-state index in [1.54, 1.807) is 0 Å². The molecule has 2 aromatic rings. The SMILES string of the molecule is CCOC(=O)C1(Cc2ccc(C)cc2)CCCC1OCc1ccccc1. The Balaban J connectivity index is 1.81. The second-order valence-corrected chi connectivity index (χ2v) is 7.22. The van der Waals surface area contributed by atoms with E-state index in [4.69, 9.17) is 9.47 Å². The summed E-state index contributed by atoms with van der Waals surface area (Å²) in [4.78, 5) is 13.0. The molecule has 1 aliphatic rings. The van der Waals surface area contributed by atoms with Crippen LogP contribution >= 0.6 is 0 Å². The Morgan fingerprint density at radius 2 is 1.81 bits per heavy atom. The molecule has 1 fully saturated rings. The fraction of sp³-hybridized carbons (Fsp3) is 0.435. The van der Waals surface area contributed by atoms with E-state index in [1.807, 2.05) is 25.1 Å². The second-order valence-electron chi connectivity index (χ2n) is 7.22. The van der Waals surface area contributed by atoms with Crippen LogP contribution < -0.4 is 0 Å². The number of carbonyl (C=O) groups excluding carboxylic acids is 1. The first-order valence-electron chi connectivity index (χ1n) is 9.52. The van der Waals surface area contributed by atoms with Gasteiger partial charge in [-0.05, 0) is 50.7 Å². The molecule has 0 radical (unpaired) electrons. The molecule has 138 valence electrons. The molecule has 0 heterocycles. The lowest BCUT2D eigenvalue weighted by Crippen LogP contribution is -2.43. The van der Waals surface area contributed by atoms with E-state index in [2.05, 4.69) is 43.3 Å². The first kappa shape index (κ1) is 18.7. The van der Waals surface area contributed by atoms with E-state index in [0.29, 0.717) is 19.6 Å². The minimum Gasteiger partial charge on any atom is -0.465 e. The molecule has 1 aliphatic carbocycles. The van der Waals surface area contributed by atoms with Crippen LogP contribution in [0.1, 0.15) is 42.9 Å². The number of hydrogen-bond acceptors (Lipinski definition) is 3. The van der Waals surface area contributed by atoms with E-state index in [0.717, 1.165) is 24.8 Å². The molecule has 0 aromatic heterocycles. The maximum absolute atomic E-state index is 13.0. The number of hydrogen-bond donors (Lipinski definition) is 0. The van der Waals surface area contributed by atoms with Crippen LogP contribution in [-0.4, -0.2) is 18.7 Å². The molecule has 3 nitrogen and oxygen atoms in total. The highest BCUT2D eigenvalue weighted by molar-refractivity contribution is 5.78. The summed E-state index contributed by atoms with van der Waals surface area (Å²) in [6.07, 6.45) is 3.27. The molecule has 0 saturated heterocycles. The van der Waals surface area contributed by atoms with Crippen molar-refractivity contribution in [3.63, 3.8) is 0 Å². The van der Waals surface area contributed by atoms with Gasteiger partial charge in [-0.25, -0.2) is 0 Å². The molecule has 2 unspecified atom stereocenters. The Kier molecular flexibility index (Phi) is 6.10. The topological polar surface area (TPSA) is 35.5 Å². The summed E-state index contributed by atoms with van der Waals surface area (Å²) >= 11 is 0. The van der Waals surface area contributed by atoms with Crippen LogP contribution in [0.4, 0.5) is 0 Å². The molecule has 26 heavy (non-hydrogen) atoms. The predicted molar refractivity (Wildman–Crippen MR) is 103 cm³/mol. The van der Waals surface area contributed by atoms with E-state index < -0.39 is 5.41 Å². The fourth-order valence-electron chi connectivity index (χ4n) is 3.91. The van der Waals surface area contributed by atoms with Crippen molar-refractivity contribution in [3.8, 4) is 0 Å². The predicted octanol–water partition coefficient (Wildman–Crippen LogP) is 4.86. The second kappa shape index (κ2) is 8.50. The molecule has 1 saturated carbocycles. The quantitative estimate of drug-likeness (QED) is 0.668. The highest BCUT2D eigenvalue weighted by atomic mass is 16.5. The van der Waals surface area contributed by atoms with E-state index in [-0.39, 0.29) is 12.1 Å². The molecule has 0 N–H and O–H groups in total. The lowest BCUT2D eigenvalue weighted by molar-refractivity contribution is -0.164. The highest BCUT2D eigenvalue weighted by Crippen LogP contribution is 2.44. The zero-order valence-electron chi connectivity index (χ0n) is 15.7. The smallest absolute Gasteiger partial charge is 0.315 e. The molecule has 0 spiro atoms. The Morgan fingerprint density at radius 1 is 1.08 bits per heavy atom. The summed E-state index contributed by atoms with van der Waals surface area (Å²) in [6, 6.07) is 18.6. The van der Waals surface area contributed by atoms with E-state index in [9.17, 15) is 4.79 Å². The number of carbonyl (C=O) groups is 1. The van der Waals surface area contributed by atoms with Crippen LogP contribution in [0.25, 0.3) is 0 Å². The average Bonchev–Trinajstić information content (AvgIpc) is 3.07. The van der Waals surface area contributed by atoms with Gasteiger partial charge in [0.1, 0.15) is 0 Å². The molecule has 2 aromatic carbocycles. The van der Waals surface area contributed by atoms with Crippen LogP contribution in [0.15, 0.2) is 54.6 Å². The molecule has 0 amide bonds. The Labute approximate surface area is 156 Å². The Morgan fingerprint density at radius 3 is 2.50 bits per heavy atom. The third-order valence-electron chi connectivity index (χ3n) is 5.32. The van der Waals surface area contributed by atoms with Crippen molar-refractivity contribution >= 4 is 5.97 Å².